The third-order valence-electron chi connectivity index (χ3n) is 2.29. The Hall–Kier alpha value is -1.27. The van der Waals surface area contributed by atoms with Crippen molar-refractivity contribution in [2.24, 2.45) is 0 Å². The van der Waals surface area contributed by atoms with Crippen molar-refractivity contribution in [1.29, 1.82) is 0 Å². The minimum atomic E-state index is -3.04. The van der Waals surface area contributed by atoms with E-state index in [1.165, 1.54) is 0 Å². The van der Waals surface area contributed by atoms with Gasteiger partial charge < -0.3 is 11.1 Å². The summed E-state index contributed by atoms with van der Waals surface area (Å²) in [5, 5.41) is 2.54. The molecule has 0 saturated carbocycles. The van der Waals surface area contributed by atoms with E-state index in [-0.39, 0.29) is 36.4 Å². The second-order valence-corrected chi connectivity index (χ2v) is 6.09. The van der Waals surface area contributed by atoms with Crippen molar-refractivity contribution in [3.05, 3.63) is 29.8 Å². The smallest absolute Gasteiger partial charge is 0.251 e. The molecule has 1 amide bonds. The molecule has 18 heavy (non-hydrogen) atoms. The number of sulfone groups is 1. The molecular formula is C11H17ClN2O3S. The van der Waals surface area contributed by atoms with Crippen LogP contribution in [0.5, 0.6) is 0 Å². The Bertz CT molecular complexity index is 503. The second kappa shape index (κ2) is 7.23. The van der Waals surface area contributed by atoms with Crippen LogP contribution in [-0.2, 0) is 9.84 Å². The number of hydrogen-bond donors (Lipinski definition) is 2. The molecule has 0 aliphatic heterocycles. The van der Waals surface area contributed by atoms with Gasteiger partial charge in [0.2, 0.25) is 0 Å². The van der Waals surface area contributed by atoms with Gasteiger partial charge in [-0.2, -0.15) is 0 Å². The highest BCUT2D eigenvalue weighted by molar-refractivity contribution is 7.91. The van der Waals surface area contributed by atoms with Crippen molar-refractivity contribution in [2.75, 3.05) is 23.8 Å². The van der Waals surface area contributed by atoms with Crippen molar-refractivity contribution in [2.45, 2.75) is 6.92 Å². The second-order valence-electron chi connectivity index (χ2n) is 3.62. The van der Waals surface area contributed by atoms with E-state index in [2.05, 4.69) is 5.32 Å². The SMILES string of the molecule is CCS(=O)(=O)CCNC(=O)c1cccc(N)c1.Cl. The van der Waals surface area contributed by atoms with Crippen LogP contribution in [0, 0.1) is 0 Å². The lowest BCUT2D eigenvalue weighted by molar-refractivity contribution is 0.0956. The van der Waals surface area contributed by atoms with E-state index in [1.54, 1.807) is 31.2 Å². The molecule has 0 heterocycles. The van der Waals surface area contributed by atoms with Crippen molar-refractivity contribution < 1.29 is 13.2 Å². The number of benzene rings is 1. The van der Waals surface area contributed by atoms with E-state index in [0.29, 0.717) is 11.3 Å². The number of nitrogen functional groups attached to an aromatic ring is 1. The Morgan fingerprint density at radius 3 is 2.61 bits per heavy atom. The first-order valence-corrected chi connectivity index (χ1v) is 7.11. The molecule has 1 rings (SSSR count). The van der Waals surface area contributed by atoms with E-state index in [0.717, 1.165) is 0 Å². The van der Waals surface area contributed by atoms with Crippen LogP contribution in [0.3, 0.4) is 0 Å². The molecule has 0 aromatic heterocycles. The van der Waals surface area contributed by atoms with E-state index >= 15 is 0 Å². The number of nitrogens with two attached hydrogens (primary N) is 1. The molecule has 102 valence electrons. The molecule has 0 unspecified atom stereocenters. The predicted octanol–water partition coefficient (Wildman–Crippen LogP) is 0.855. The normalized spacial score (nSPS) is 10.5. The van der Waals surface area contributed by atoms with Gasteiger partial charge in [-0.1, -0.05) is 13.0 Å². The number of anilines is 1. The van der Waals surface area contributed by atoms with Crippen molar-refractivity contribution >= 4 is 33.8 Å². The summed E-state index contributed by atoms with van der Waals surface area (Å²) < 4.78 is 22.4. The first kappa shape index (κ1) is 16.7. The Kier molecular flexibility index (Phi) is 6.72. The topological polar surface area (TPSA) is 89.3 Å². The van der Waals surface area contributed by atoms with Gasteiger partial charge >= 0.3 is 0 Å². The Morgan fingerprint density at radius 2 is 2.06 bits per heavy atom. The van der Waals surface area contributed by atoms with Crippen LogP contribution in [0.25, 0.3) is 0 Å². The highest BCUT2D eigenvalue weighted by Gasteiger charge is 2.09. The first-order valence-electron chi connectivity index (χ1n) is 5.29. The van der Waals surface area contributed by atoms with E-state index in [9.17, 15) is 13.2 Å². The maximum Gasteiger partial charge on any atom is 0.251 e. The quantitative estimate of drug-likeness (QED) is 0.788. The van der Waals surface area contributed by atoms with Gasteiger partial charge in [-0.25, -0.2) is 8.42 Å². The molecule has 5 nitrogen and oxygen atoms in total. The number of nitrogens with one attached hydrogen (secondary N) is 1. The summed E-state index contributed by atoms with van der Waals surface area (Å²) in [5.41, 5.74) is 6.47. The summed E-state index contributed by atoms with van der Waals surface area (Å²) in [4.78, 5) is 11.6. The fourth-order valence-corrected chi connectivity index (χ4v) is 1.95. The van der Waals surface area contributed by atoms with E-state index in [1.807, 2.05) is 0 Å². The third-order valence-corrected chi connectivity index (χ3v) is 3.99. The van der Waals surface area contributed by atoms with Crippen LogP contribution in [0.4, 0.5) is 5.69 Å². The molecule has 0 atom stereocenters. The molecule has 0 radical (unpaired) electrons. The first-order chi connectivity index (χ1) is 7.94. The van der Waals surface area contributed by atoms with Crippen LogP contribution < -0.4 is 11.1 Å². The predicted molar refractivity (Wildman–Crippen MR) is 74.8 cm³/mol. The number of carbonyl (C=O) groups is 1. The van der Waals surface area contributed by atoms with Gasteiger partial charge in [0.1, 0.15) is 0 Å². The molecule has 0 spiro atoms. The summed E-state index contributed by atoms with van der Waals surface area (Å²) >= 11 is 0. The van der Waals surface area contributed by atoms with Gasteiger partial charge in [0.05, 0.1) is 5.75 Å². The fraction of sp³-hybridized carbons (Fsp3) is 0.364. The molecule has 0 aliphatic carbocycles. The summed E-state index contributed by atoms with van der Waals surface area (Å²) in [6, 6.07) is 6.52. The average molecular weight is 293 g/mol. The number of amides is 1. The summed E-state index contributed by atoms with van der Waals surface area (Å²) in [6.45, 7) is 1.69. The maximum absolute atomic E-state index is 11.6. The Balaban J connectivity index is 0.00000289. The van der Waals surface area contributed by atoms with Crippen LogP contribution in [0.1, 0.15) is 17.3 Å². The molecule has 3 N–H and O–H groups in total. The lowest BCUT2D eigenvalue weighted by atomic mass is 10.2. The van der Waals surface area contributed by atoms with Gasteiger partial charge in [0.15, 0.2) is 9.84 Å². The number of rotatable bonds is 5. The molecule has 0 fully saturated rings. The van der Waals surface area contributed by atoms with Crippen molar-refractivity contribution in [3.63, 3.8) is 0 Å². The number of hydrogen-bond acceptors (Lipinski definition) is 4. The summed E-state index contributed by atoms with van der Waals surface area (Å²) in [7, 11) is -3.04. The van der Waals surface area contributed by atoms with Gasteiger partial charge in [0, 0.05) is 23.5 Å². The van der Waals surface area contributed by atoms with Gasteiger partial charge in [0.25, 0.3) is 5.91 Å². The molecule has 0 saturated heterocycles. The van der Waals surface area contributed by atoms with Crippen molar-refractivity contribution in [1.82, 2.24) is 5.32 Å². The van der Waals surface area contributed by atoms with Crippen LogP contribution in [0.15, 0.2) is 24.3 Å². The zero-order valence-electron chi connectivity index (χ0n) is 10.0. The van der Waals surface area contributed by atoms with E-state index < -0.39 is 9.84 Å². The highest BCUT2D eigenvalue weighted by atomic mass is 35.5. The molecule has 0 bridgehead atoms. The summed E-state index contributed by atoms with van der Waals surface area (Å²) in [6.07, 6.45) is 0. The minimum Gasteiger partial charge on any atom is -0.399 e. The third kappa shape index (κ3) is 5.37. The van der Waals surface area contributed by atoms with Crippen LogP contribution >= 0.6 is 12.4 Å². The fourth-order valence-electron chi connectivity index (χ4n) is 1.25. The summed E-state index contributed by atoms with van der Waals surface area (Å²) in [5.74, 6) is -0.276. The van der Waals surface area contributed by atoms with Gasteiger partial charge in [-0.05, 0) is 18.2 Å². The lowest BCUT2D eigenvalue weighted by Crippen LogP contribution is -2.29. The molecule has 0 aliphatic rings. The molecule has 1 aromatic rings. The number of carbonyl (C=O) groups excluding carboxylic acids is 1. The van der Waals surface area contributed by atoms with Crippen LogP contribution in [0.2, 0.25) is 0 Å². The average Bonchev–Trinajstić information content (AvgIpc) is 2.28. The van der Waals surface area contributed by atoms with Gasteiger partial charge in [-0.15, -0.1) is 12.4 Å². The lowest BCUT2D eigenvalue weighted by Gasteiger charge is -2.05. The standard InChI is InChI=1S/C11H16N2O3S.ClH/c1-2-17(15,16)7-6-13-11(14)9-4-3-5-10(12)8-9;/h3-5,8H,2,6-7,12H2,1H3,(H,13,14);1H. The monoisotopic (exact) mass is 292 g/mol. The molecule has 7 heteroatoms. The number of halogens is 1. The Labute approximate surface area is 113 Å². The zero-order chi connectivity index (χ0) is 12.9. The van der Waals surface area contributed by atoms with E-state index in [4.69, 9.17) is 5.73 Å². The zero-order valence-corrected chi connectivity index (χ0v) is 11.7. The molecular weight excluding hydrogens is 276 g/mol. The maximum atomic E-state index is 11.6. The van der Waals surface area contributed by atoms with Crippen LogP contribution in [-0.4, -0.2) is 32.4 Å². The molecule has 1 aromatic carbocycles. The largest absolute Gasteiger partial charge is 0.399 e. The minimum absolute atomic E-state index is 0. The highest BCUT2D eigenvalue weighted by Crippen LogP contribution is 2.05. The van der Waals surface area contributed by atoms with Gasteiger partial charge in [-0.3, -0.25) is 4.79 Å². The Morgan fingerprint density at radius 1 is 1.39 bits per heavy atom. The van der Waals surface area contributed by atoms with Crippen molar-refractivity contribution in [3.8, 4) is 0 Å².